The first-order chi connectivity index (χ1) is 15.0. The van der Waals surface area contributed by atoms with E-state index >= 15 is 0 Å². The Balaban J connectivity index is 1.39. The molecule has 2 fully saturated rings. The van der Waals surface area contributed by atoms with Crippen LogP contribution in [0, 0.1) is 0 Å². The molecule has 1 N–H and O–H groups in total. The average Bonchev–Trinajstić information content (AvgIpc) is 3.09. The minimum atomic E-state index is -0.332. The average molecular weight is 423 g/mol. The van der Waals surface area contributed by atoms with Gasteiger partial charge in [0.25, 0.3) is 5.91 Å². The molecule has 4 rings (SSSR count). The van der Waals surface area contributed by atoms with Gasteiger partial charge in [-0.3, -0.25) is 14.4 Å². The van der Waals surface area contributed by atoms with Crippen LogP contribution in [0.3, 0.4) is 0 Å². The Kier molecular flexibility index (Phi) is 6.04. The minimum absolute atomic E-state index is 0.0577. The van der Waals surface area contributed by atoms with Crippen molar-refractivity contribution in [2.24, 2.45) is 0 Å². The summed E-state index contributed by atoms with van der Waals surface area (Å²) < 4.78 is 5.44. The smallest absolute Gasteiger partial charge is 0.292 e. The summed E-state index contributed by atoms with van der Waals surface area (Å²) in [5.41, 5.74) is 2.39. The first-order valence-corrected chi connectivity index (χ1v) is 10.8. The molecule has 0 aliphatic carbocycles. The van der Waals surface area contributed by atoms with Crippen molar-refractivity contribution in [3.63, 3.8) is 0 Å². The summed E-state index contributed by atoms with van der Waals surface area (Å²) in [6.45, 7) is 7.22. The SMILES string of the molecule is CCOc1ccc(N2C(=O)C[C@@H]([NH+]3CCN(c4ccc(C(C)=O)cc4)CC3)C2=O)cc1. The molecule has 0 saturated carbocycles. The van der Waals surface area contributed by atoms with E-state index in [9.17, 15) is 14.4 Å². The van der Waals surface area contributed by atoms with Crippen LogP contribution < -0.4 is 19.4 Å². The van der Waals surface area contributed by atoms with Gasteiger partial charge in [0.05, 0.1) is 44.9 Å². The largest absolute Gasteiger partial charge is 0.494 e. The van der Waals surface area contributed by atoms with E-state index in [1.807, 2.05) is 31.2 Å². The van der Waals surface area contributed by atoms with Crippen LogP contribution in [0.2, 0.25) is 0 Å². The number of Topliss-reactive ketones (excluding diaryl/α,β-unsaturated/α-hetero) is 1. The highest BCUT2D eigenvalue weighted by atomic mass is 16.5. The van der Waals surface area contributed by atoms with Gasteiger partial charge in [-0.2, -0.15) is 0 Å². The Morgan fingerprint density at radius 2 is 1.61 bits per heavy atom. The van der Waals surface area contributed by atoms with Crippen LogP contribution in [-0.2, 0) is 9.59 Å². The summed E-state index contributed by atoms with van der Waals surface area (Å²) in [5, 5.41) is 0. The third kappa shape index (κ3) is 4.32. The number of hydrogen-bond acceptors (Lipinski definition) is 5. The summed E-state index contributed by atoms with van der Waals surface area (Å²) >= 11 is 0. The normalized spacial score (nSPS) is 19.7. The molecular weight excluding hydrogens is 394 g/mol. The Labute approximate surface area is 182 Å². The monoisotopic (exact) mass is 422 g/mol. The van der Waals surface area contributed by atoms with Crippen LogP contribution in [0.1, 0.15) is 30.6 Å². The number of rotatable bonds is 6. The number of hydrogen-bond donors (Lipinski definition) is 1. The molecule has 2 aliphatic rings. The molecular formula is C24H28N3O4+. The Morgan fingerprint density at radius 1 is 1.00 bits per heavy atom. The summed E-state index contributed by atoms with van der Waals surface area (Å²) in [5.74, 6) is 0.514. The number of amides is 2. The predicted molar refractivity (Wildman–Crippen MR) is 118 cm³/mol. The first-order valence-electron chi connectivity index (χ1n) is 10.8. The number of ketones is 1. The van der Waals surface area contributed by atoms with Crippen LogP contribution in [0.15, 0.2) is 48.5 Å². The third-order valence-electron chi connectivity index (χ3n) is 6.09. The van der Waals surface area contributed by atoms with Gasteiger partial charge in [-0.05, 0) is 62.4 Å². The van der Waals surface area contributed by atoms with E-state index in [-0.39, 0.29) is 30.1 Å². The van der Waals surface area contributed by atoms with Crippen molar-refractivity contribution in [3.05, 3.63) is 54.1 Å². The molecule has 0 aromatic heterocycles. The van der Waals surface area contributed by atoms with Gasteiger partial charge in [0.2, 0.25) is 5.91 Å². The molecule has 0 spiro atoms. The van der Waals surface area contributed by atoms with Gasteiger partial charge in [-0.1, -0.05) is 0 Å². The molecule has 2 aliphatic heterocycles. The van der Waals surface area contributed by atoms with Crippen LogP contribution in [0.4, 0.5) is 11.4 Å². The zero-order valence-electron chi connectivity index (χ0n) is 18.0. The van der Waals surface area contributed by atoms with Gasteiger partial charge in [-0.15, -0.1) is 0 Å². The molecule has 31 heavy (non-hydrogen) atoms. The van der Waals surface area contributed by atoms with Crippen molar-refractivity contribution in [1.29, 1.82) is 0 Å². The van der Waals surface area contributed by atoms with Crippen molar-refractivity contribution in [1.82, 2.24) is 0 Å². The Morgan fingerprint density at radius 3 is 2.19 bits per heavy atom. The second-order valence-electron chi connectivity index (χ2n) is 8.00. The number of carbonyl (C=O) groups excluding carboxylic acids is 3. The van der Waals surface area contributed by atoms with Crippen molar-refractivity contribution in [2.75, 3.05) is 42.6 Å². The lowest BCUT2D eigenvalue weighted by Crippen LogP contribution is -3.19. The van der Waals surface area contributed by atoms with Crippen molar-refractivity contribution >= 4 is 29.0 Å². The number of ether oxygens (including phenoxy) is 1. The van der Waals surface area contributed by atoms with E-state index in [1.165, 1.54) is 4.90 Å². The van der Waals surface area contributed by atoms with E-state index in [0.717, 1.165) is 42.5 Å². The summed E-state index contributed by atoms with van der Waals surface area (Å²) in [6, 6.07) is 14.4. The Hall–Kier alpha value is -3.19. The van der Waals surface area contributed by atoms with Crippen LogP contribution in [0.25, 0.3) is 0 Å². The number of piperazine rings is 1. The summed E-state index contributed by atoms with van der Waals surface area (Å²) in [6.07, 6.45) is 0.245. The standard InChI is InChI=1S/C24H27N3O4/c1-3-31-21-10-8-20(9-11-21)27-23(29)16-22(24(27)30)26-14-12-25(13-15-26)19-6-4-18(5-7-19)17(2)28/h4-11,22H,3,12-16H2,1-2H3/p+1/t22-/m1/s1. The molecule has 2 aromatic carbocycles. The third-order valence-corrected chi connectivity index (χ3v) is 6.09. The number of nitrogens with one attached hydrogen (secondary N) is 1. The van der Waals surface area contributed by atoms with E-state index in [1.54, 1.807) is 31.2 Å². The Bertz CT molecular complexity index is 963. The molecule has 2 saturated heterocycles. The topological polar surface area (TPSA) is 71.4 Å². The van der Waals surface area contributed by atoms with Gasteiger partial charge >= 0.3 is 0 Å². The van der Waals surface area contributed by atoms with Gasteiger partial charge in [-0.25, -0.2) is 4.90 Å². The second kappa shape index (κ2) is 8.89. The van der Waals surface area contributed by atoms with Crippen LogP contribution in [-0.4, -0.2) is 56.4 Å². The summed E-state index contributed by atoms with van der Waals surface area (Å²) in [7, 11) is 0. The number of imide groups is 1. The molecule has 7 heteroatoms. The molecule has 0 radical (unpaired) electrons. The maximum atomic E-state index is 13.1. The lowest BCUT2D eigenvalue weighted by molar-refractivity contribution is -0.915. The van der Waals surface area contributed by atoms with Crippen molar-refractivity contribution < 1.29 is 24.0 Å². The van der Waals surface area contributed by atoms with Crippen LogP contribution in [0.5, 0.6) is 5.75 Å². The second-order valence-corrected chi connectivity index (χ2v) is 8.00. The fraction of sp³-hybridized carbons (Fsp3) is 0.375. The lowest BCUT2D eigenvalue weighted by atomic mass is 10.1. The van der Waals surface area contributed by atoms with E-state index in [0.29, 0.717) is 17.9 Å². The summed E-state index contributed by atoms with van der Waals surface area (Å²) in [4.78, 5) is 41.9. The minimum Gasteiger partial charge on any atom is -0.494 e. The number of nitrogens with zero attached hydrogens (tertiary/aromatic N) is 2. The zero-order chi connectivity index (χ0) is 22.0. The van der Waals surface area contributed by atoms with Gasteiger partial charge in [0.1, 0.15) is 5.75 Å². The fourth-order valence-electron chi connectivity index (χ4n) is 4.39. The van der Waals surface area contributed by atoms with Crippen molar-refractivity contribution in [3.8, 4) is 5.75 Å². The highest BCUT2D eigenvalue weighted by Crippen LogP contribution is 2.25. The number of carbonyl (C=O) groups is 3. The first kappa shape index (κ1) is 21.1. The van der Waals surface area contributed by atoms with E-state index < -0.39 is 0 Å². The van der Waals surface area contributed by atoms with Gasteiger partial charge in [0, 0.05) is 11.3 Å². The highest BCUT2D eigenvalue weighted by Gasteiger charge is 2.46. The van der Waals surface area contributed by atoms with E-state index in [4.69, 9.17) is 4.74 Å². The maximum Gasteiger partial charge on any atom is 0.292 e. The quantitative estimate of drug-likeness (QED) is 0.562. The molecule has 2 heterocycles. The van der Waals surface area contributed by atoms with Crippen molar-refractivity contribution in [2.45, 2.75) is 26.3 Å². The lowest BCUT2D eigenvalue weighted by Gasteiger charge is -2.35. The maximum absolute atomic E-state index is 13.1. The number of anilines is 2. The molecule has 7 nitrogen and oxygen atoms in total. The number of quaternary nitrogens is 1. The van der Waals surface area contributed by atoms with E-state index in [2.05, 4.69) is 4.90 Å². The van der Waals surface area contributed by atoms with Gasteiger partial charge in [0.15, 0.2) is 11.8 Å². The zero-order valence-corrected chi connectivity index (χ0v) is 18.0. The number of benzene rings is 2. The molecule has 2 amide bonds. The molecule has 1 atom stereocenters. The molecule has 162 valence electrons. The molecule has 0 bridgehead atoms. The molecule has 2 aromatic rings. The fourth-order valence-corrected chi connectivity index (χ4v) is 4.39. The van der Waals surface area contributed by atoms with Gasteiger partial charge < -0.3 is 14.5 Å². The van der Waals surface area contributed by atoms with Crippen LogP contribution >= 0.6 is 0 Å². The highest BCUT2D eigenvalue weighted by molar-refractivity contribution is 6.21. The predicted octanol–water partition coefficient (Wildman–Crippen LogP) is 1.32. The molecule has 0 unspecified atom stereocenters.